The number of amides is 1. The van der Waals surface area contributed by atoms with Gasteiger partial charge in [-0.2, -0.15) is 5.10 Å². The lowest BCUT2D eigenvalue weighted by molar-refractivity contribution is -0.141. The average Bonchev–Trinajstić information content (AvgIpc) is 2.99. The minimum absolute atomic E-state index is 0.0430. The lowest BCUT2D eigenvalue weighted by atomic mass is 9.98. The van der Waals surface area contributed by atoms with E-state index in [-0.39, 0.29) is 11.8 Å². The van der Waals surface area contributed by atoms with Crippen molar-refractivity contribution in [3.8, 4) is 0 Å². The first-order valence-electron chi connectivity index (χ1n) is 7.32. The highest BCUT2D eigenvalue weighted by atomic mass is 16.4. The maximum atomic E-state index is 12.5. The van der Waals surface area contributed by atoms with Gasteiger partial charge in [-0.05, 0) is 32.3 Å². The van der Waals surface area contributed by atoms with E-state index in [2.05, 4.69) is 5.10 Å². The molecule has 0 aliphatic carbocycles. The van der Waals surface area contributed by atoms with Crippen LogP contribution in [0.4, 0.5) is 0 Å². The Bertz CT molecular complexity index is 565. The normalized spacial score (nSPS) is 19.8. The first kappa shape index (κ1) is 15.5. The first-order chi connectivity index (χ1) is 9.81. The summed E-state index contributed by atoms with van der Waals surface area (Å²) in [6.45, 7) is 6.75. The van der Waals surface area contributed by atoms with Crippen molar-refractivity contribution in [3.05, 3.63) is 17.0 Å². The summed E-state index contributed by atoms with van der Waals surface area (Å²) >= 11 is 0. The van der Waals surface area contributed by atoms with Crippen LogP contribution in [-0.2, 0) is 23.1 Å². The van der Waals surface area contributed by atoms with E-state index in [1.54, 1.807) is 4.90 Å². The lowest BCUT2D eigenvalue weighted by Gasteiger charge is -2.20. The van der Waals surface area contributed by atoms with Gasteiger partial charge < -0.3 is 10.0 Å². The highest BCUT2D eigenvalue weighted by molar-refractivity contribution is 5.80. The van der Waals surface area contributed by atoms with Crippen molar-refractivity contribution >= 4 is 11.9 Å². The van der Waals surface area contributed by atoms with Crippen molar-refractivity contribution in [2.45, 2.75) is 33.6 Å². The molecule has 6 heteroatoms. The maximum absolute atomic E-state index is 12.5. The van der Waals surface area contributed by atoms with Gasteiger partial charge in [-0.15, -0.1) is 0 Å². The molecule has 1 fully saturated rings. The monoisotopic (exact) mass is 293 g/mol. The Balaban J connectivity index is 2.02. The standard InChI is InChI=1S/C15H23N3O3/c1-9(7-13-10(2)16-17(4)11(13)3)14(19)18-6-5-12(8-18)15(20)21/h9,12H,5-8H2,1-4H3,(H,20,21)/t9-,12+/m1/s1. The van der Waals surface area contributed by atoms with Crippen LogP contribution >= 0.6 is 0 Å². The molecule has 1 N–H and O–H groups in total. The number of carboxylic acid groups (broad SMARTS) is 1. The summed E-state index contributed by atoms with van der Waals surface area (Å²) in [6, 6.07) is 0. The van der Waals surface area contributed by atoms with Crippen molar-refractivity contribution in [1.29, 1.82) is 0 Å². The number of rotatable bonds is 4. The van der Waals surface area contributed by atoms with Gasteiger partial charge in [-0.3, -0.25) is 14.3 Å². The zero-order valence-corrected chi connectivity index (χ0v) is 13.1. The van der Waals surface area contributed by atoms with E-state index in [0.717, 1.165) is 17.0 Å². The molecule has 0 aromatic carbocycles. The molecule has 1 aromatic heterocycles. The fourth-order valence-corrected chi connectivity index (χ4v) is 2.98. The molecule has 0 radical (unpaired) electrons. The van der Waals surface area contributed by atoms with Crippen LogP contribution in [0.1, 0.15) is 30.3 Å². The van der Waals surface area contributed by atoms with Crippen LogP contribution in [0.5, 0.6) is 0 Å². The molecule has 0 bridgehead atoms. The van der Waals surface area contributed by atoms with Gasteiger partial charge in [0.2, 0.25) is 5.91 Å². The summed E-state index contributed by atoms with van der Waals surface area (Å²) < 4.78 is 1.83. The molecule has 1 amide bonds. The van der Waals surface area contributed by atoms with E-state index >= 15 is 0 Å². The smallest absolute Gasteiger partial charge is 0.308 e. The van der Waals surface area contributed by atoms with Crippen LogP contribution < -0.4 is 0 Å². The van der Waals surface area contributed by atoms with E-state index in [4.69, 9.17) is 5.11 Å². The molecule has 1 aliphatic heterocycles. The van der Waals surface area contributed by atoms with Crippen LogP contribution in [0.3, 0.4) is 0 Å². The van der Waals surface area contributed by atoms with Gasteiger partial charge in [-0.1, -0.05) is 6.92 Å². The van der Waals surface area contributed by atoms with Crippen LogP contribution in [0, 0.1) is 25.7 Å². The molecule has 2 rings (SSSR count). The molecule has 0 saturated carbocycles. The van der Waals surface area contributed by atoms with E-state index in [9.17, 15) is 9.59 Å². The second kappa shape index (κ2) is 5.87. The topological polar surface area (TPSA) is 75.4 Å². The van der Waals surface area contributed by atoms with E-state index in [1.807, 2.05) is 32.5 Å². The molecular formula is C15H23N3O3. The molecule has 1 aromatic rings. The second-order valence-corrected chi connectivity index (χ2v) is 5.99. The van der Waals surface area contributed by atoms with Crippen LogP contribution in [0.2, 0.25) is 0 Å². The Morgan fingerprint density at radius 3 is 2.57 bits per heavy atom. The molecule has 0 spiro atoms. The number of hydrogen-bond donors (Lipinski definition) is 1. The number of likely N-dealkylation sites (tertiary alicyclic amines) is 1. The Kier molecular flexibility index (Phi) is 4.34. The van der Waals surface area contributed by atoms with Gasteiger partial charge in [0.15, 0.2) is 0 Å². The fraction of sp³-hybridized carbons (Fsp3) is 0.667. The molecule has 2 heterocycles. The minimum atomic E-state index is -0.808. The Hall–Kier alpha value is -1.85. The number of aryl methyl sites for hydroxylation is 2. The van der Waals surface area contributed by atoms with Crippen LogP contribution in [0.15, 0.2) is 0 Å². The summed E-state index contributed by atoms with van der Waals surface area (Å²) in [5.41, 5.74) is 3.16. The number of hydrogen-bond acceptors (Lipinski definition) is 3. The third kappa shape index (κ3) is 3.09. The van der Waals surface area contributed by atoms with Crippen molar-refractivity contribution in [2.24, 2.45) is 18.9 Å². The van der Waals surface area contributed by atoms with Gasteiger partial charge in [-0.25, -0.2) is 0 Å². The second-order valence-electron chi connectivity index (χ2n) is 5.99. The van der Waals surface area contributed by atoms with E-state index < -0.39 is 11.9 Å². The van der Waals surface area contributed by atoms with Crippen LogP contribution in [-0.4, -0.2) is 44.8 Å². The van der Waals surface area contributed by atoms with Gasteiger partial charge >= 0.3 is 5.97 Å². The first-order valence-corrected chi connectivity index (χ1v) is 7.32. The molecule has 0 unspecified atom stereocenters. The Morgan fingerprint density at radius 2 is 2.10 bits per heavy atom. The summed E-state index contributed by atoms with van der Waals surface area (Å²) in [4.78, 5) is 25.1. The highest BCUT2D eigenvalue weighted by Gasteiger charge is 2.33. The van der Waals surface area contributed by atoms with Crippen molar-refractivity contribution in [3.63, 3.8) is 0 Å². The number of carbonyl (C=O) groups excluding carboxylic acids is 1. The summed E-state index contributed by atoms with van der Waals surface area (Å²) in [7, 11) is 1.90. The van der Waals surface area contributed by atoms with E-state index in [0.29, 0.717) is 25.9 Å². The van der Waals surface area contributed by atoms with Crippen molar-refractivity contribution < 1.29 is 14.7 Å². The molecule has 1 saturated heterocycles. The third-order valence-electron chi connectivity index (χ3n) is 4.44. The fourth-order valence-electron chi connectivity index (χ4n) is 2.98. The number of carbonyl (C=O) groups is 2. The predicted octanol–water partition coefficient (Wildman–Crippen LogP) is 1.15. The number of aromatic nitrogens is 2. The van der Waals surface area contributed by atoms with E-state index in [1.165, 1.54) is 0 Å². The molecular weight excluding hydrogens is 270 g/mol. The Labute approximate surface area is 124 Å². The van der Waals surface area contributed by atoms with Gasteiger partial charge in [0.1, 0.15) is 0 Å². The summed E-state index contributed by atoms with van der Waals surface area (Å²) in [5.74, 6) is -1.33. The predicted molar refractivity (Wildman–Crippen MR) is 77.9 cm³/mol. The number of nitrogens with zero attached hydrogens (tertiary/aromatic N) is 3. The van der Waals surface area contributed by atoms with Gasteiger partial charge in [0.25, 0.3) is 0 Å². The van der Waals surface area contributed by atoms with Gasteiger partial charge in [0, 0.05) is 31.7 Å². The highest BCUT2D eigenvalue weighted by Crippen LogP contribution is 2.22. The van der Waals surface area contributed by atoms with Crippen molar-refractivity contribution in [2.75, 3.05) is 13.1 Å². The SMILES string of the molecule is Cc1nn(C)c(C)c1C[C@@H](C)C(=O)N1CC[C@H](C(=O)O)C1. The lowest BCUT2D eigenvalue weighted by Crippen LogP contribution is -2.35. The number of carboxylic acids is 1. The molecule has 1 aliphatic rings. The molecule has 21 heavy (non-hydrogen) atoms. The molecule has 116 valence electrons. The van der Waals surface area contributed by atoms with Crippen LogP contribution in [0.25, 0.3) is 0 Å². The zero-order chi connectivity index (χ0) is 15.7. The summed E-state index contributed by atoms with van der Waals surface area (Å²) in [5, 5.41) is 13.4. The van der Waals surface area contributed by atoms with Crippen molar-refractivity contribution in [1.82, 2.24) is 14.7 Å². The zero-order valence-electron chi connectivity index (χ0n) is 13.1. The third-order valence-corrected chi connectivity index (χ3v) is 4.44. The Morgan fingerprint density at radius 1 is 1.43 bits per heavy atom. The van der Waals surface area contributed by atoms with Gasteiger partial charge in [0.05, 0.1) is 11.6 Å². The quantitative estimate of drug-likeness (QED) is 0.903. The maximum Gasteiger partial charge on any atom is 0.308 e. The average molecular weight is 293 g/mol. The number of aliphatic carboxylic acids is 1. The largest absolute Gasteiger partial charge is 0.481 e. The molecule has 6 nitrogen and oxygen atoms in total. The summed E-state index contributed by atoms with van der Waals surface area (Å²) in [6.07, 6.45) is 1.21. The molecule has 2 atom stereocenters. The minimum Gasteiger partial charge on any atom is -0.481 e.